The monoisotopic (exact) mass is 520 g/mol. The van der Waals surface area contributed by atoms with Crippen LogP contribution in [0.3, 0.4) is 0 Å². The second-order valence-corrected chi connectivity index (χ2v) is 6.94. The Bertz CT molecular complexity index is 678. The van der Waals surface area contributed by atoms with Gasteiger partial charge in [0.1, 0.15) is 18.0 Å². The van der Waals surface area contributed by atoms with Crippen molar-refractivity contribution in [1.82, 2.24) is 15.5 Å². The van der Waals surface area contributed by atoms with Gasteiger partial charge in [-0.05, 0) is 38.0 Å². The van der Waals surface area contributed by atoms with Gasteiger partial charge in [0.15, 0.2) is 5.96 Å². The third-order valence-corrected chi connectivity index (χ3v) is 4.65. The summed E-state index contributed by atoms with van der Waals surface area (Å²) < 4.78 is 16.5. The number of rotatable bonds is 8. The van der Waals surface area contributed by atoms with Crippen molar-refractivity contribution in [3.05, 3.63) is 23.8 Å². The Morgan fingerprint density at radius 1 is 1.34 bits per heavy atom. The average Bonchev–Trinajstić information content (AvgIpc) is 3.22. The van der Waals surface area contributed by atoms with Crippen LogP contribution in [-0.4, -0.2) is 70.9 Å². The molecule has 0 aliphatic carbocycles. The summed E-state index contributed by atoms with van der Waals surface area (Å²) in [4.78, 5) is 17.9. The van der Waals surface area contributed by atoms with E-state index in [1.807, 2.05) is 25.1 Å². The quantitative estimate of drug-likeness (QED) is 0.311. The summed E-state index contributed by atoms with van der Waals surface area (Å²) in [6.07, 6.45) is 2.26. The number of hydrogen-bond acceptors (Lipinski definition) is 5. The second kappa shape index (κ2) is 12.7. The van der Waals surface area contributed by atoms with Gasteiger partial charge < -0.3 is 29.7 Å². The predicted molar refractivity (Wildman–Crippen MR) is 124 cm³/mol. The van der Waals surface area contributed by atoms with E-state index in [0.717, 1.165) is 36.5 Å². The number of amides is 1. The SMILES string of the molecule is COc1ccc(OC)c(C(C)NC(=NCC(=O)N(C)C)NCC2CCCO2)c1.I. The lowest BCUT2D eigenvalue weighted by Gasteiger charge is -2.22. The van der Waals surface area contributed by atoms with E-state index < -0.39 is 0 Å². The van der Waals surface area contributed by atoms with Gasteiger partial charge >= 0.3 is 0 Å². The molecule has 1 amide bonds. The van der Waals surface area contributed by atoms with Crippen molar-refractivity contribution in [3.63, 3.8) is 0 Å². The molecule has 0 bridgehead atoms. The van der Waals surface area contributed by atoms with Gasteiger partial charge in [0.05, 0.1) is 26.4 Å². The minimum Gasteiger partial charge on any atom is -0.497 e. The van der Waals surface area contributed by atoms with E-state index in [4.69, 9.17) is 14.2 Å². The average molecular weight is 520 g/mol. The summed E-state index contributed by atoms with van der Waals surface area (Å²) in [7, 11) is 6.70. The molecular weight excluding hydrogens is 487 g/mol. The Kier molecular flexibility index (Phi) is 11.1. The lowest BCUT2D eigenvalue weighted by atomic mass is 10.1. The van der Waals surface area contributed by atoms with Crippen molar-refractivity contribution in [2.45, 2.75) is 31.9 Å². The summed E-state index contributed by atoms with van der Waals surface area (Å²) in [6, 6.07) is 5.54. The van der Waals surface area contributed by atoms with Gasteiger partial charge in [-0.2, -0.15) is 0 Å². The molecule has 1 heterocycles. The molecule has 1 aromatic rings. The molecule has 0 aromatic heterocycles. The highest BCUT2D eigenvalue weighted by molar-refractivity contribution is 14.0. The number of methoxy groups -OCH3 is 2. The fraction of sp³-hybridized carbons (Fsp3) is 0.600. The second-order valence-electron chi connectivity index (χ2n) is 6.94. The summed E-state index contributed by atoms with van der Waals surface area (Å²) in [6.45, 7) is 3.51. The first-order chi connectivity index (χ1) is 13.4. The summed E-state index contributed by atoms with van der Waals surface area (Å²) in [5.41, 5.74) is 0.937. The van der Waals surface area contributed by atoms with Crippen LogP contribution in [0.25, 0.3) is 0 Å². The lowest BCUT2D eigenvalue weighted by molar-refractivity contribution is -0.127. The van der Waals surface area contributed by atoms with E-state index in [2.05, 4.69) is 15.6 Å². The molecular formula is C20H33IN4O4. The zero-order valence-corrected chi connectivity index (χ0v) is 20.2. The standard InChI is InChI=1S/C20H32N4O4.HI/c1-14(17-11-15(26-4)8-9-18(17)27-5)23-20(22-13-19(25)24(2)3)21-12-16-7-6-10-28-16;/h8-9,11,14,16H,6-7,10,12-13H2,1-5H3,(H2,21,22,23);1H. The number of aliphatic imine (C=N–C) groups is 1. The Hall–Kier alpha value is -1.75. The molecule has 1 aliphatic heterocycles. The van der Waals surface area contributed by atoms with Gasteiger partial charge in [0.25, 0.3) is 0 Å². The molecule has 9 heteroatoms. The maximum Gasteiger partial charge on any atom is 0.243 e. The summed E-state index contributed by atoms with van der Waals surface area (Å²) in [5, 5.41) is 6.65. The van der Waals surface area contributed by atoms with Gasteiger partial charge in [-0.25, -0.2) is 4.99 Å². The molecule has 2 unspecified atom stereocenters. The first kappa shape index (κ1) is 25.3. The molecule has 8 nitrogen and oxygen atoms in total. The first-order valence-corrected chi connectivity index (χ1v) is 9.53. The van der Waals surface area contributed by atoms with Crippen molar-refractivity contribution in [3.8, 4) is 11.5 Å². The molecule has 2 N–H and O–H groups in total. The molecule has 164 valence electrons. The zero-order chi connectivity index (χ0) is 20.5. The number of nitrogens with zero attached hydrogens (tertiary/aromatic N) is 2. The van der Waals surface area contributed by atoms with Crippen LogP contribution in [0.4, 0.5) is 0 Å². The number of hydrogen-bond donors (Lipinski definition) is 2. The van der Waals surface area contributed by atoms with Crippen LogP contribution in [-0.2, 0) is 9.53 Å². The minimum atomic E-state index is -0.116. The maximum absolute atomic E-state index is 11.9. The van der Waals surface area contributed by atoms with Gasteiger partial charge in [0.2, 0.25) is 5.91 Å². The molecule has 0 spiro atoms. The molecule has 2 atom stereocenters. The van der Waals surface area contributed by atoms with E-state index in [0.29, 0.717) is 12.5 Å². The van der Waals surface area contributed by atoms with Crippen molar-refractivity contribution in [2.75, 3.05) is 48.0 Å². The first-order valence-electron chi connectivity index (χ1n) is 9.53. The van der Waals surface area contributed by atoms with Crippen LogP contribution >= 0.6 is 24.0 Å². The highest BCUT2D eigenvalue weighted by Crippen LogP contribution is 2.29. The number of guanidine groups is 1. The van der Waals surface area contributed by atoms with Gasteiger partial charge in [-0.3, -0.25) is 4.79 Å². The van der Waals surface area contributed by atoms with Crippen molar-refractivity contribution in [2.24, 2.45) is 4.99 Å². The van der Waals surface area contributed by atoms with Crippen molar-refractivity contribution in [1.29, 1.82) is 0 Å². The van der Waals surface area contributed by atoms with Crippen LogP contribution in [0.5, 0.6) is 11.5 Å². The number of halogens is 1. The normalized spacial score (nSPS) is 17.1. The van der Waals surface area contributed by atoms with E-state index in [-0.39, 0.29) is 48.6 Å². The van der Waals surface area contributed by atoms with Gasteiger partial charge in [0, 0.05) is 32.8 Å². The van der Waals surface area contributed by atoms with E-state index in [9.17, 15) is 4.79 Å². The molecule has 0 radical (unpaired) electrons. The van der Waals surface area contributed by atoms with E-state index >= 15 is 0 Å². The molecule has 2 rings (SSSR count). The minimum absolute atomic E-state index is 0. The molecule has 1 saturated heterocycles. The van der Waals surface area contributed by atoms with Crippen molar-refractivity contribution >= 4 is 35.8 Å². The number of likely N-dealkylation sites (N-methyl/N-ethyl adjacent to an activating group) is 1. The largest absolute Gasteiger partial charge is 0.497 e. The van der Waals surface area contributed by atoms with E-state index in [1.54, 1.807) is 28.3 Å². The van der Waals surface area contributed by atoms with Gasteiger partial charge in [-0.15, -0.1) is 24.0 Å². The highest BCUT2D eigenvalue weighted by atomic mass is 127. The maximum atomic E-state index is 11.9. The Morgan fingerprint density at radius 2 is 2.10 bits per heavy atom. The fourth-order valence-electron chi connectivity index (χ4n) is 2.92. The third-order valence-electron chi connectivity index (χ3n) is 4.65. The number of ether oxygens (including phenoxy) is 3. The number of carbonyl (C=O) groups is 1. The molecule has 0 saturated carbocycles. The van der Waals surface area contributed by atoms with Crippen molar-refractivity contribution < 1.29 is 19.0 Å². The Morgan fingerprint density at radius 3 is 2.69 bits per heavy atom. The van der Waals surface area contributed by atoms with E-state index in [1.165, 1.54) is 4.90 Å². The van der Waals surface area contributed by atoms with Crippen LogP contribution in [0.15, 0.2) is 23.2 Å². The summed E-state index contributed by atoms with van der Waals surface area (Å²) in [5.74, 6) is 1.99. The summed E-state index contributed by atoms with van der Waals surface area (Å²) >= 11 is 0. The Labute approximate surface area is 190 Å². The van der Waals surface area contributed by atoms with Crippen LogP contribution in [0.2, 0.25) is 0 Å². The van der Waals surface area contributed by atoms with Crippen LogP contribution in [0.1, 0.15) is 31.4 Å². The van der Waals surface area contributed by atoms with Gasteiger partial charge in [-0.1, -0.05) is 0 Å². The number of nitrogens with one attached hydrogen (secondary N) is 2. The topological polar surface area (TPSA) is 84.4 Å². The predicted octanol–water partition coefficient (Wildman–Crippen LogP) is 2.19. The lowest BCUT2D eigenvalue weighted by Crippen LogP contribution is -2.43. The number of carbonyl (C=O) groups excluding carboxylic acids is 1. The molecule has 1 fully saturated rings. The smallest absolute Gasteiger partial charge is 0.243 e. The fourth-order valence-corrected chi connectivity index (χ4v) is 2.92. The number of benzene rings is 1. The van der Waals surface area contributed by atoms with Crippen LogP contribution < -0.4 is 20.1 Å². The molecule has 1 aliphatic rings. The highest BCUT2D eigenvalue weighted by Gasteiger charge is 2.18. The third kappa shape index (κ3) is 7.88. The molecule has 29 heavy (non-hydrogen) atoms. The van der Waals surface area contributed by atoms with Crippen LogP contribution in [0, 0.1) is 0 Å². The molecule has 1 aromatic carbocycles. The Balaban J connectivity index is 0.00000420. The zero-order valence-electron chi connectivity index (χ0n) is 17.9.